The Bertz CT molecular complexity index is 1760. The predicted molar refractivity (Wildman–Crippen MR) is 192 cm³/mol. The summed E-state index contributed by atoms with van der Waals surface area (Å²) in [6.07, 6.45) is 7.91. The van der Waals surface area contributed by atoms with Crippen molar-refractivity contribution in [3.8, 4) is 5.75 Å². The van der Waals surface area contributed by atoms with E-state index in [2.05, 4.69) is 55.5 Å². The fourth-order valence-corrected chi connectivity index (χ4v) is 10.1. The van der Waals surface area contributed by atoms with E-state index in [0.29, 0.717) is 24.8 Å². The molecule has 2 N–H and O–H groups in total. The number of benzene rings is 4. The van der Waals surface area contributed by atoms with Crippen LogP contribution in [0.4, 0.5) is 10.1 Å². The zero-order chi connectivity index (χ0) is 33.4. The number of hydrogen-bond donors (Lipinski definition) is 2. The van der Waals surface area contributed by atoms with Crippen molar-refractivity contribution in [1.29, 1.82) is 0 Å². The van der Waals surface area contributed by atoms with Crippen LogP contribution >= 0.6 is 0 Å². The molecule has 2 saturated carbocycles. The van der Waals surface area contributed by atoms with Gasteiger partial charge in [0, 0.05) is 18.5 Å². The molecule has 4 nitrogen and oxygen atoms in total. The van der Waals surface area contributed by atoms with Gasteiger partial charge in [0.1, 0.15) is 11.9 Å². The van der Waals surface area contributed by atoms with Gasteiger partial charge in [0.2, 0.25) is 5.91 Å². The third-order valence-corrected chi connectivity index (χ3v) is 12.4. The molecular weight excluding hydrogens is 597 g/mol. The van der Waals surface area contributed by atoms with Crippen LogP contribution in [0.25, 0.3) is 10.8 Å². The Morgan fingerprint density at radius 1 is 0.938 bits per heavy atom. The standard InChI is InChI=1S/C43H50FNO3/c1-28(46)45(27-29-12-6-5-7-13-29)39-22-18-30-14-10-11-16-34(30)36(39)17-9-4-3-8-15-31-24-32-25-33(47)19-20-35(32)42-38(44)26-43(2)37(41(31)42)21-23-40(43)48/h5-7,10-14,16,18-20,22,25,31,37-38,40-42,47-48H,3-4,8-9,15,17,21,23-24,26-27H2,1-2H3/t31-,37+,38+,40+,41+,42+,43+/m1/s1. The van der Waals surface area contributed by atoms with Crippen LogP contribution in [0.3, 0.4) is 0 Å². The molecule has 1 amide bonds. The van der Waals surface area contributed by atoms with Crippen LogP contribution in [0.15, 0.2) is 84.9 Å². The zero-order valence-electron chi connectivity index (χ0n) is 28.5. The number of carbonyl (C=O) groups excluding carboxylic acids is 1. The highest BCUT2D eigenvalue weighted by molar-refractivity contribution is 5.98. The van der Waals surface area contributed by atoms with Crippen LogP contribution < -0.4 is 4.90 Å². The van der Waals surface area contributed by atoms with Gasteiger partial charge in [-0.1, -0.05) is 92.9 Å². The largest absolute Gasteiger partial charge is 0.508 e. The lowest BCUT2D eigenvalue weighted by molar-refractivity contribution is -0.116. The van der Waals surface area contributed by atoms with Crippen molar-refractivity contribution >= 4 is 22.4 Å². The maximum atomic E-state index is 16.2. The van der Waals surface area contributed by atoms with Gasteiger partial charge in [0.25, 0.3) is 0 Å². The zero-order valence-corrected chi connectivity index (χ0v) is 28.5. The van der Waals surface area contributed by atoms with Crippen molar-refractivity contribution in [2.75, 3.05) is 4.90 Å². The summed E-state index contributed by atoms with van der Waals surface area (Å²) >= 11 is 0. The third-order valence-electron chi connectivity index (χ3n) is 12.4. The van der Waals surface area contributed by atoms with E-state index in [9.17, 15) is 15.0 Å². The van der Waals surface area contributed by atoms with Gasteiger partial charge in [-0.05, 0) is 119 Å². The molecule has 48 heavy (non-hydrogen) atoms. The Labute approximate surface area is 285 Å². The number of phenolic OH excluding ortho intramolecular Hbond substituents is 1. The van der Waals surface area contributed by atoms with Crippen molar-refractivity contribution in [2.45, 2.75) is 103 Å². The number of aliphatic hydroxyl groups is 1. The van der Waals surface area contributed by atoms with E-state index in [4.69, 9.17) is 0 Å². The minimum Gasteiger partial charge on any atom is -0.508 e. The summed E-state index contributed by atoms with van der Waals surface area (Å²) in [6.45, 7) is 4.34. The second kappa shape index (κ2) is 13.7. The first-order valence-electron chi connectivity index (χ1n) is 18.2. The molecule has 4 aromatic carbocycles. The third kappa shape index (κ3) is 6.15. The van der Waals surface area contributed by atoms with Crippen LogP contribution in [-0.2, 0) is 24.2 Å². The highest BCUT2D eigenvalue weighted by atomic mass is 19.1. The molecule has 3 aliphatic rings. The number of aliphatic hydroxyl groups excluding tert-OH is 1. The summed E-state index contributed by atoms with van der Waals surface area (Å²) in [5.41, 5.74) is 5.19. The molecule has 0 bridgehead atoms. The molecule has 252 valence electrons. The van der Waals surface area contributed by atoms with Crippen LogP contribution in [0.1, 0.15) is 93.4 Å². The molecule has 3 aliphatic carbocycles. The lowest BCUT2D eigenvalue weighted by atomic mass is 9.51. The first-order chi connectivity index (χ1) is 23.2. The molecule has 0 unspecified atom stereocenters. The van der Waals surface area contributed by atoms with Gasteiger partial charge in [-0.15, -0.1) is 0 Å². The number of fused-ring (bicyclic) bond motifs is 6. The Balaban J connectivity index is 1.05. The molecule has 0 spiro atoms. The van der Waals surface area contributed by atoms with E-state index in [1.54, 1.807) is 13.0 Å². The average molecular weight is 648 g/mol. The molecule has 0 heterocycles. The van der Waals surface area contributed by atoms with Crippen LogP contribution in [0, 0.1) is 23.2 Å². The number of hydrogen-bond acceptors (Lipinski definition) is 3. The van der Waals surface area contributed by atoms with E-state index >= 15 is 4.39 Å². The van der Waals surface area contributed by atoms with Gasteiger partial charge in [0.05, 0.1) is 12.6 Å². The van der Waals surface area contributed by atoms with Crippen molar-refractivity contribution < 1.29 is 19.4 Å². The van der Waals surface area contributed by atoms with Crippen molar-refractivity contribution in [3.63, 3.8) is 0 Å². The molecule has 5 heteroatoms. The van der Waals surface area contributed by atoms with Crippen molar-refractivity contribution in [1.82, 2.24) is 0 Å². The number of rotatable bonds is 10. The van der Waals surface area contributed by atoms with E-state index in [1.807, 2.05) is 35.2 Å². The average Bonchev–Trinajstić information content (AvgIpc) is 3.38. The summed E-state index contributed by atoms with van der Waals surface area (Å²) in [6, 6.07) is 28.5. The van der Waals surface area contributed by atoms with Gasteiger partial charge in [-0.3, -0.25) is 4.79 Å². The molecule has 4 aromatic rings. The molecule has 0 radical (unpaired) electrons. The fourth-order valence-electron chi connectivity index (χ4n) is 10.1. The van der Waals surface area contributed by atoms with Gasteiger partial charge in [0.15, 0.2) is 0 Å². The number of aryl methyl sites for hydroxylation is 1. The SMILES string of the molecule is CC(=O)N(Cc1ccccc1)c1ccc2ccccc2c1CCCCCC[C@@H]1Cc2cc(O)ccc2[C@@H]2[C@@H]1[C@@H]1CC[C@H](O)[C@@]1(C)C[C@@H]2F. The maximum absolute atomic E-state index is 16.2. The minimum atomic E-state index is -0.971. The van der Waals surface area contributed by atoms with Gasteiger partial charge < -0.3 is 15.1 Å². The minimum absolute atomic E-state index is 0.0418. The summed E-state index contributed by atoms with van der Waals surface area (Å²) in [5.74, 6) is 1.07. The topological polar surface area (TPSA) is 60.8 Å². The Kier molecular flexibility index (Phi) is 9.35. The Morgan fingerprint density at radius 3 is 2.52 bits per heavy atom. The summed E-state index contributed by atoms with van der Waals surface area (Å²) in [4.78, 5) is 14.9. The molecule has 7 atom stereocenters. The van der Waals surface area contributed by atoms with Crippen LogP contribution in [0.5, 0.6) is 5.75 Å². The number of nitrogens with zero attached hydrogens (tertiary/aromatic N) is 1. The molecule has 7 rings (SSSR count). The Morgan fingerprint density at radius 2 is 1.71 bits per heavy atom. The first kappa shape index (κ1) is 32.8. The number of amides is 1. The number of phenols is 1. The highest BCUT2D eigenvalue weighted by Gasteiger charge is 2.59. The first-order valence-corrected chi connectivity index (χ1v) is 18.2. The van der Waals surface area contributed by atoms with Crippen molar-refractivity contribution in [2.24, 2.45) is 23.2 Å². The molecule has 0 aliphatic heterocycles. The van der Waals surface area contributed by atoms with Gasteiger partial charge >= 0.3 is 0 Å². The second-order valence-electron chi connectivity index (χ2n) is 15.2. The second-order valence-corrected chi connectivity index (χ2v) is 15.2. The van der Waals surface area contributed by atoms with Crippen molar-refractivity contribution in [3.05, 3.63) is 107 Å². The van der Waals surface area contributed by atoms with E-state index in [-0.39, 0.29) is 28.9 Å². The number of carbonyl (C=O) groups is 1. The lowest BCUT2D eigenvalue weighted by Crippen LogP contribution is -2.51. The number of halogens is 1. The molecule has 0 saturated heterocycles. The predicted octanol–water partition coefficient (Wildman–Crippen LogP) is 9.68. The fraction of sp³-hybridized carbons (Fsp3) is 0.465. The monoisotopic (exact) mass is 647 g/mol. The van der Waals surface area contributed by atoms with Crippen LogP contribution in [0.2, 0.25) is 0 Å². The van der Waals surface area contributed by atoms with E-state index < -0.39 is 12.3 Å². The number of aromatic hydroxyl groups is 1. The lowest BCUT2D eigenvalue weighted by Gasteiger charge is -2.54. The van der Waals surface area contributed by atoms with E-state index in [1.165, 1.54) is 16.3 Å². The van der Waals surface area contributed by atoms with Gasteiger partial charge in [-0.25, -0.2) is 4.39 Å². The summed E-state index contributed by atoms with van der Waals surface area (Å²) < 4.78 is 16.2. The van der Waals surface area contributed by atoms with Gasteiger partial charge in [-0.2, -0.15) is 0 Å². The number of anilines is 1. The normalized spacial score (nSPS) is 27.7. The Hall–Kier alpha value is -3.70. The summed E-state index contributed by atoms with van der Waals surface area (Å²) in [5, 5.41) is 23.7. The summed E-state index contributed by atoms with van der Waals surface area (Å²) in [7, 11) is 0. The molecular formula is C43H50FNO3. The number of unbranched alkanes of at least 4 members (excludes halogenated alkanes) is 3. The number of alkyl halides is 1. The quantitative estimate of drug-likeness (QED) is 0.169. The smallest absolute Gasteiger partial charge is 0.224 e. The maximum Gasteiger partial charge on any atom is 0.224 e. The molecule has 0 aromatic heterocycles. The van der Waals surface area contributed by atoms with E-state index in [0.717, 1.165) is 80.2 Å². The molecule has 2 fully saturated rings. The van der Waals surface area contributed by atoms with Crippen LogP contribution in [-0.4, -0.2) is 28.4 Å². The highest BCUT2D eigenvalue weighted by Crippen LogP contribution is 2.63.